The van der Waals surface area contributed by atoms with Crippen molar-refractivity contribution in [1.82, 2.24) is 0 Å². The van der Waals surface area contributed by atoms with E-state index in [1.165, 1.54) is 33.9 Å². The first kappa shape index (κ1) is 24.2. The van der Waals surface area contributed by atoms with Gasteiger partial charge in [0.05, 0.1) is 5.41 Å². The van der Waals surface area contributed by atoms with Gasteiger partial charge in [-0.25, -0.2) is 0 Å². The van der Waals surface area contributed by atoms with Crippen LogP contribution in [0.3, 0.4) is 0 Å². The van der Waals surface area contributed by atoms with Crippen molar-refractivity contribution in [2.75, 3.05) is 19.0 Å². The molecule has 0 unspecified atom stereocenters. The van der Waals surface area contributed by atoms with E-state index in [2.05, 4.69) is 142 Å². The minimum absolute atomic E-state index is 0. The molecular formula is C29H34IN2+. The van der Waals surface area contributed by atoms with E-state index >= 15 is 0 Å². The Morgan fingerprint density at radius 2 is 1.34 bits per heavy atom. The summed E-state index contributed by atoms with van der Waals surface area (Å²) < 4.78 is 2.30. The molecule has 2 aromatic rings. The summed E-state index contributed by atoms with van der Waals surface area (Å²) >= 11 is 0. The van der Waals surface area contributed by atoms with E-state index in [9.17, 15) is 0 Å². The molecule has 0 amide bonds. The lowest BCUT2D eigenvalue weighted by Gasteiger charge is -2.23. The number of hydrogen-bond donors (Lipinski definition) is 0. The molecular weight excluding hydrogens is 503 g/mol. The Labute approximate surface area is 210 Å². The van der Waals surface area contributed by atoms with Crippen LogP contribution in [0.4, 0.5) is 11.4 Å². The average Bonchev–Trinajstić information content (AvgIpc) is 3.07. The summed E-state index contributed by atoms with van der Waals surface area (Å²) in [6.45, 7) is 9.18. The molecule has 2 heterocycles. The fourth-order valence-corrected chi connectivity index (χ4v) is 5.09. The Hall–Kier alpha value is -2.40. The van der Waals surface area contributed by atoms with E-state index in [-0.39, 0.29) is 34.8 Å². The first-order valence-electron chi connectivity index (χ1n) is 11.0. The zero-order valence-electron chi connectivity index (χ0n) is 20.0. The number of rotatable bonds is 4. The molecule has 32 heavy (non-hydrogen) atoms. The molecule has 166 valence electrons. The van der Waals surface area contributed by atoms with Gasteiger partial charge in [0, 0.05) is 41.6 Å². The van der Waals surface area contributed by atoms with Gasteiger partial charge in [0.2, 0.25) is 5.69 Å². The molecule has 2 aliphatic rings. The second-order valence-corrected chi connectivity index (χ2v) is 9.47. The number of allylic oxidation sites excluding steroid dienone is 8. The van der Waals surface area contributed by atoms with Gasteiger partial charge in [-0.1, -0.05) is 80.6 Å². The second-order valence-electron chi connectivity index (χ2n) is 9.47. The molecule has 2 aromatic carbocycles. The first-order chi connectivity index (χ1) is 14.8. The number of fused-ring (bicyclic) bond motifs is 2. The maximum atomic E-state index is 2.30. The van der Waals surface area contributed by atoms with Gasteiger partial charge in [0.15, 0.2) is 5.71 Å². The van der Waals surface area contributed by atoms with Crippen LogP contribution in [0.5, 0.6) is 0 Å². The van der Waals surface area contributed by atoms with Crippen LogP contribution in [0, 0.1) is 0 Å². The van der Waals surface area contributed by atoms with E-state index < -0.39 is 0 Å². The van der Waals surface area contributed by atoms with Crippen molar-refractivity contribution in [2.45, 2.75) is 38.5 Å². The predicted molar refractivity (Wildman–Crippen MR) is 149 cm³/mol. The van der Waals surface area contributed by atoms with Crippen LogP contribution in [0.1, 0.15) is 38.8 Å². The second kappa shape index (κ2) is 9.22. The third-order valence-electron chi connectivity index (χ3n) is 6.83. The van der Waals surface area contributed by atoms with E-state index in [4.69, 9.17) is 0 Å². The van der Waals surface area contributed by atoms with E-state index in [0.717, 1.165) is 0 Å². The predicted octanol–water partition coefficient (Wildman–Crippen LogP) is 7.29. The molecule has 0 saturated carbocycles. The first-order valence-corrected chi connectivity index (χ1v) is 11.0. The molecule has 4 rings (SSSR count). The van der Waals surface area contributed by atoms with Crippen LogP contribution in [-0.2, 0) is 10.8 Å². The van der Waals surface area contributed by atoms with Crippen molar-refractivity contribution in [1.29, 1.82) is 0 Å². The quantitative estimate of drug-likeness (QED) is 0.226. The summed E-state index contributed by atoms with van der Waals surface area (Å²) in [5, 5.41) is 0. The lowest BCUT2D eigenvalue weighted by atomic mass is 9.81. The minimum atomic E-state index is 0. The molecule has 0 aliphatic carbocycles. The Morgan fingerprint density at radius 3 is 2.03 bits per heavy atom. The number of anilines is 1. The van der Waals surface area contributed by atoms with Crippen LogP contribution >= 0.6 is 24.0 Å². The molecule has 3 heteroatoms. The van der Waals surface area contributed by atoms with Crippen molar-refractivity contribution in [3.05, 3.63) is 108 Å². The number of benzene rings is 2. The van der Waals surface area contributed by atoms with Crippen LogP contribution in [0.2, 0.25) is 0 Å². The molecule has 2 nitrogen and oxygen atoms in total. The van der Waals surface area contributed by atoms with Crippen LogP contribution in [0.15, 0.2) is 96.8 Å². The maximum absolute atomic E-state index is 2.30. The number of nitrogens with zero attached hydrogens (tertiary/aromatic N) is 2. The van der Waals surface area contributed by atoms with Gasteiger partial charge in [-0.2, -0.15) is 4.58 Å². The molecule has 0 saturated heterocycles. The fraction of sp³-hybridized carbons (Fsp3) is 0.276. The summed E-state index contributed by atoms with van der Waals surface area (Å²) in [5.41, 5.74) is 8.04. The number of halogens is 1. The Bertz CT molecular complexity index is 1160. The van der Waals surface area contributed by atoms with Crippen molar-refractivity contribution in [3.8, 4) is 0 Å². The number of likely N-dealkylation sites (N-methyl/N-ethyl adjacent to an activating group) is 1. The highest BCUT2D eigenvalue weighted by molar-refractivity contribution is 14.0. The smallest absolute Gasteiger partial charge is 0.209 e. The summed E-state index contributed by atoms with van der Waals surface area (Å²) in [6, 6.07) is 17.3. The van der Waals surface area contributed by atoms with Gasteiger partial charge in [-0.3, -0.25) is 0 Å². The standard InChI is InChI=1S/C29H33N2.HI/c1-28(2)22-16-12-14-18-24(22)30(5)26(28)20-10-8-7-9-11-21-27-29(3,4)23-17-13-15-19-25(23)31(27)6;/h7-21H,1-6H3;1H/q+1;. The summed E-state index contributed by atoms with van der Waals surface area (Å²) in [7, 11) is 4.31. The summed E-state index contributed by atoms with van der Waals surface area (Å²) in [5.74, 6) is 0. The van der Waals surface area contributed by atoms with Gasteiger partial charge < -0.3 is 4.90 Å². The topological polar surface area (TPSA) is 6.25 Å². The van der Waals surface area contributed by atoms with Crippen LogP contribution < -0.4 is 4.90 Å². The highest BCUT2D eigenvalue weighted by Crippen LogP contribution is 2.46. The molecule has 0 fully saturated rings. The van der Waals surface area contributed by atoms with Crippen molar-refractivity contribution < 1.29 is 4.58 Å². The van der Waals surface area contributed by atoms with Crippen molar-refractivity contribution in [3.63, 3.8) is 0 Å². The monoisotopic (exact) mass is 537 g/mol. The van der Waals surface area contributed by atoms with Gasteiger partial charge in [-0.15, -0.1) is 24.0 Å². The highest BCUT2D eigenvalue weighted by Gasteiger charge is 2.42. The molecule has 0 bridgehead atoms. The summed E-state index contributed by atoms with van der Waals surface area (Å²) in [4.78, 5) is 2.30. The summed E-state index contributed by atoms with van der Waals surface area (Å²) in [6.07, 6.45) is 15.0. The number of hydrogen-bond acceptors (Lipinski definition) is 1. The van der Waals surface area contributed by atoms with E-state index in [1.807, 2.05) is 0 Å². The molecule has 0 N–H and O–H groups in total. The zero-order chi connectivity index (χ0) is 22.2. The van der Waals surface area contributed by atoms with E-state index in [0.29, 0.717) is 0 Å². The molecule has 0 atom stereocenters. The SMILES string of the molecule is CN1\C(=C/C=C/C=C/C=C/C2=[N+](C)c3ccccc3C2(C)C)C(C)(C)c2ccccc21.I. The molecule has 2 aliphatic heterocycles. The highest BCUT2D eigenvalue weighted by atomic mass is 127. The Kier molecular flexibility index (Phi) is 6.99. The average molecular weight is 538 g/mol. The van der Waals surface area contributed by atoms with Gasteiger partial charge in [-0.05, 0) is 31.6 Å². The third kappa shape index (κ3) is 4.03. The third-order valence-corrected chi connectivity index (χ3v) is 6.83. The van der Waals surface area contributed by atoms with Crippen LogP contribution in [-0.4, -0.2) is 24.4 Å². The van der Waals surface area contributed by atoms with Crippen molar-refractivity contribution in [2.24, 2.45) is 0 Å². The zero-order valence-corrected chi connectivity index (χ0v) is 22.3. The fourth-order valence-electron chi connectivity index (χ4n) is 5.09. The van der Waals surface area contributed by atoms with E-state index in [1.54, 1.807) is 0 Å². The molecule has 0 aromatic heterocycles. The van der Waals surface area contributed by atoms with Gasteiger partial charge in [0.1, 0.15) is 7.05 Å². The number of para-hydroxylation sites is 2. The largest absolute Gasteiger partial charge is 0.347 e. The minimum Gasteiger partial charge on any atom is -0.347 e. The molecule has 0 spiro atoms. The lowest BCUT2D eigenvalue weighted by Crippen LogP contribution is -2.26. The van der Waals surface area contributed by atoms with Crippen molar-refractivity contribution >= 4 is 41.1 Å². The van der Waals surface area contributed by atoms with Gasteiger partial charge in [0.25, 0.3) is 0 Å². The Balaban J connectivity index is 0.00000289. The maximum Gasteiger partial charge on any atom is 0.209 e. The Morgan fingerprint density at radius 1 is 0.750 bits per heavy atom. The normalized spacial score (nSPS) is 19.9. The lowest BCUT2D eigenvalue weighted by molar-refractivity contribution is -0.401. The van der Waals surface area contributed by atoms with Gasteiger partial charge >= 0.3 is 0 Å². The molecule has 0 radical (unpaired) electrons. The van der Waals surface area contributed by atoms with Crippen LogP contribution in [0.25, 0.3) is 0 Å².